The number of amides is 1. The third kappa shape index (κ3) is 2.37. The standard InChI is InChI=1S/C12H18N4O2/c1-3-9-8-16(7-5-10(9)14-18)12(17)11-4-6-15(2)13-11/h4,6,9,18H,3,5,7-8H2,1-2H3/b14-10+. The van der Waals surface area contributed by atoms with E-state index in [0.29, 0.717) is 25.2 Å². The van der Waals surface area contributed by atoms with E-state index in [1.807, 2.05) is 6.92 Å². The summed E-state index contributed by atoms with van der Waals surface area (Å²) in [5.74, 6) is 0.0995. The van der Waals surface area contributed by atoms with Crippen LogP contribution in [-0.4, -0.2) is 44.6 Å². The Morgan fingerprint density at radius 2 is 2.44 bits per heavy atom. The predicted molar refractivity (Wildman–Crippen MR) is 66.7 cm³/mol. The number of likely N-dealkylation sites (tertiary alicyclic amines) is 1. The maximum absolute atomic E-state index is 12.2. The maximum atomic E-state index is 12.2. The molecule has 1 unspecified atom stereocenters. The minimum Gasteiger partial charge on any atom is -0.411 e. The van der Waals surface area contributed by atoms with Crippen molar-refractivity contribution in [2.45, 2.75) is 19.8 Å². The molecule has 1 saturated heterocycles. The highest BCUT2D eigenvalue weighted by Crippen LogP contribution is 2.18. The molecule has 0 radical (unpaired) electrons. The molecule has 1 fully saturated rings. The molecule has 6 heteroatoms. The van der Waals surface area contributed by atoms with Crippen LogP contribution in [0.5, 0.6) is 0 Å². The van der Waals surface area contributed by atoms with Crippen LogP contribution in [0.4, 0.5) is 0 Å². The molecule has 0 spiro atoms. The lowest BCUT2D eigenvalue weighted by Gasteiger charge is -2.32. The SMILES string of the molecule is CCC1CN(C(=O)c2ccn(C)n2)CC/C1=N\O. The zero-order valence-corrected chi connectivity index (χ0v) is 10.7. The second-order valence-corrected chi connectivity index (χ2v) is 4.57. The van der Waals surface area contributed by atoms with Crippen molar-refractivity contribution >= 4 is 11.6 Å². The fourth-order valence-electron chi connectivity index (χ4n) is 2.29. The Bertz CT molecular complexity index is 466. The van der Waals surface area contributed by atoms with E-state index in [1.54, 1.807) is 28.9 Å². The molecule has 1 aliphatic rings. The maximum Gasteiger partial charge on any atom is 0.274 e. The van der Waals surface area contributed by atoms with Crippen molar-refractivity contribution in [3.63, 3.8) is 0 Å². The lowest BCUT2D eigenvalue weighted by atomic mass is 9.93. The monoisotopic (exact) mass is 250 g/mol. The Labute approximate surface area is 106 Å². The average Bonchev–Trinajstić information content (AvgIpc) is 2.83. The van der Waals surface area contributed by atoms with E-state index in [0.717, 1.165) is 12.1 Å². The molecule has 1 aromatic heterocycles. The number of piperidine rings is 1. The van der Waals surface area contributed by atoms with Gasteiger partial charge in [0.05, 0.1) is 5.71 Å². The third-order valence-corrected chi connectivity index (χ3v) is 3.39. The highest BCUT2D eigenvalue weighted by Gasteiger charge is 2.29. The van der Waals surface area contributed by atoms with Gasteiger partial charge < -0.3 is 10.1 Å². The second kappa shape index (κ2) is 5.20. The number of oxime groups is 1. The molecule has 0 saturated carbocycles. The molecule has 1 aromatic rings. The lowest BCUT2D eigenvalue weighted by Crippen LogP contribution is -2.44. The summed E-state index contributed by atoms with van der Waals surface area (Å²) in [4.78, 5) is 14.0. The van der Waals surface area contributed by atoms with Crippen molar-refractivity contribution in [1.29, 1.82) is 0 Å². The molecule has 0 aliphatic carbocycles. The first kappa shape index (κ1) is 12.6. The van der Waals surface area contributed by atoms with E-state index < -0.39 is 0 Å². The van der Waals surface area contributed by atoms with Crippen molar-refractivity contribution in [3.8, 4) is 0 Å². The minimum atomic E-state index is -0.0500. The van der Waals surface area contributed by atoms with E-state index in [9.17, 15) is 4.79 Å². The molecule has 1 N–H and O–H groups in total. The number of nitrogens with zero attached hydrogens (tertiary/aromatic N) is 4. The largest absolute Gasteiger partial charge is 0.411 e. The van der Waals surface area contributed by atoms with Gasteiger partial charge in [0.1, 0.15) is 5.69 Å². The van der Waals surface area contributed by atoms with Crippen LogP contribution in [0.25, 0.3) is 0 Å². The summed E-state index contributed by atoms with van der Waals surface area (Å²) in [5, 5.41) is 16.4. The zero-order valence-electron chi connectivity index (χ0n) is 10.7. The van der Waals surface area contributed by atoms with Gasteiger partial charge in [-0.3, -0.25) is 9.48 Å². The average molecular weight is 250 g/mol. The lowest BCUT2D eigenvalue weighted by molar-refractivity contribution is 0.0722. The molecule has 1 amide bonds. The van der Waals surface area contributed by atoms with Crippen molar-refractivity contribution < 1.29 is 10.0 Å². The first-order chi connectivity index (χ1) is 8.65. The van der Waals surface area contributed by atoms with Crippen molar-refractivity contribution in [2.24, 2.45) is 18.1 Å². The Morgan fingerprint density at radius 3 is 3.00 bits per heavy atom. The number of aromatic nitrogens is 2. The molecule has 0 aromatic carbocycles. The Balaban J connectivity index is 2.09. The minimum absolute atomic E-state index is 0.0500. The van der Waals surface area contributed by atoms with E-state index in [2.05, 4.69) is 10.3 Å². The summed E-state index contributed by atoms with van der Waals surface area (Å²) < 4.78 is 1.62. The van der Waals surface area contributed by atoms with Crippen LogP contribution in [-0.2, 0) is 7.05 Å². The first-order valence-corrected chi connectivity index (χ1v) is 6.15. The van der Waals surface area contributed by atoms with Gasteiger partial charge in [0.15, 0.2) is 0 Å². The van der Waals surface area contributed by atoms with Crippen LogP contribution in [0.3, 0.4) is 0 Å². The zero-order chi connectivity index (χ0) is 13.1. The fraction of sp³-hybridized carbons (Fsp3) is 0.583. The summed E-state index contributed by atoms with van der Waals surface area (Å²) in [6.07, 6.45) is 3.26. The molecule has 2 heterocycles. The predicted octanol–water partition coefficient (Wildman–Crippen LogP) is 1.12. The van der Waals surface area contributed by atoms with Crippen LogP contribution in [0.1, 0.15) is 30.3 Å². The summed E-state index contributed by atoms with van der Waals surface area (Å²) in [7, 11) is 1.79. The smallest absolute Gasteiger partial charge is 0.274 e. The number of hydrogen-bond acceptors (Lipinski definition) is 4. The van der Waals surface area contributed by atoms with Crippen LogP contribution >= 0.6 is 0 Å². The van der Waals surface area contributed by atoms with Crippen LogP contribution < -0.4 is 0 Å². The van der Waals surface area contributed by atoms with Gasteiger partial charge in [-0.1, -0.05) is 12.1 Å². The molecule has 98 valence electrons. The number of hydrogen-bond donors (Lipinski definition) is 1. The van der Waals surface area contributed by atoms with E-state index in [-0.39, 0.29) is 11.8 Å². The summed E-state index contributed by atoms with van der Waals surface area (Å²) in [6.45, 7) is 3.22. The van der Waals surface area contributed by atoms with Crippen molar-refractivity contribution in [2.75, 3.05) is 13.1 Å². The highest BCUT2D eigenvalue weighted by atomic mass is 16.4. The fourth-order valence-corrected chi connectivity index (χ4v) is 2.29. The number of rotatable bonds is 2. The van der Waals surface area contributed by atoms with Crippen molar-refractivity contribution in [1.82, 2.24) is 14.7 Å². The van der Waals surface area contributed by atoms with Crippen LogP contribution in [0.2, 0.25) is 0 Å². The highest BCUT2D eigenvalue weighted by molar-refractivity contribution is 5.95. The summed E-state index contributed by atoms with van der Waals surface area (Å²) >= 11 is 0. The molecule has 18 heavy (non-hydrogen) atoms. The van der Waals surface area contributed by atoms with Gasteiger partial charge in [-0.25, -0.2) is 0 Å². The van der Waals surface area contributed by atoms with Gasteiger partial charge in [-0.05, 0) is 12.5 Å². The summed E-state index contributed by atoms with van der Waals surface area (Å²) in [6, 6.07) is 1.72. The van der Waals surface area contributed by atoms with Gasteiger partial charge in [0, 0.05) is 38.7 Å². The van der Waals surface area contributed by atoms with Crippen molar-refractivity contribution in [3.05, 3.63) is 18.0 Å². The Hall–Kier alpha value is -1.85. The molecule has 1 atom stereocenters. The number of carbonyl (C=O) groups excluding carboxylic acids is 1. The molecular formula is C12H18N4O2. The first-order valence-electron chi connectivity index (χ1n) is 6.15. The molecule has 0 bridgehead atoms. The normalized spacial score (nSPS) is 22.4. The van der Waals surface area contributed by atoms with E-state index in [1.165, 1.54) is 0 Å². The molecule has 6 nitrogen and oxygen atoms in total. The summed E-state index contributed by atoms with van der Waals surface area (Å²) in [5.41, 5.74) is 1.26. The van der Waals surface area contributed by atoms with E-state index in [4.69, 9.17) is 5.21 Å². The second-order valence-electron chi connectivity index (χ2n) is 4.57. The third-order valence-electron chi connectivity index (χ3n) is 3.39. The Morgan fingerprint density at radius 1 is 1.67 bits per heavy atom. The van der Waals surface area contributed by atoms with Gasteiger partial charge in [-0.2, -0.15) is 5.10 Å². The molecular weight excluding hydrogens is 232 g/mol. The van der Waals surface area contributed by atoms with Crippen LogP contribution in [0, 0.1) is 5.92 Å². The Kier molecular flexibility index (Phi) is 3.64. The van der Waals surface area contributed by atoms with Crippen LogP contribution in [0.15, 0.2) is 17.4 Å². The van der Waals surface area contributed by atoms with Gasteiger partial charge in [0.2, 0.25) is 0 Å². The van der Waals surface area contributed by atoms with Gasteiger partial charge in [-0.15, -0.1) is 0 Å². The topological polar surface area (TPSA) is 70.7 Å². The quantitative estimate of drug-likeness (QED) is 0.631. The van der Waals surface area contributed by atoms with E-state index >= 15 is 0 Å². The molecule has 1 aliphatic heterocycles. The number of aryl methyl sites for hydroxylation is 1. The number of carbonyl (C=O) groups is 1. The van der Waals surface area contributed by atoms with Gasteiger partial charge >= 0.3 is 0 Å². The van der Waals surface area contributed by atoms with Gasteiger partial charge in [0.25, 0.3) is 5.91 Å². The molecule has 2 rings (SSSR count).